The molecule has 0 bridgehead atoms. The third-order valence-corrected chi connectivity index (χ3v) is 3.40. The Morgan fingerprint density at radius 3 is 2.33 bits per heavy atom. The molecule has 0 heterocycles. The zero-order chi connectivity index (χ0) is 12.1. The van der Waals surface area contributed by atoms with Gasteiger partial charge in [0.15, 0.2) is 9.84 Å². The zero-order valence-electron chi connectivity index (χ0n) is 9.54. The van der Waals surface area contributed by atoms with Crippen molar-refractivity contribution in [2.24, 2.45) is 5.73 Å². The minimum absolute atomic E-state index is 0.181. The van der Waals surface area contributed by atoms with E-state index in [1.807, 2.05) is 6.92 Å². The van der Waals surface area contributed by atoms with E-state index in [-0.39, 0.29) is 5.75 Å². The van der Waals surface area contributed by atoms with Crippen molar-refractivity contribution in [2.45, 2.75) is 32.7 Å². The summed E-state index contributed by atoms with van der Waals surface area (Å²) in [6, 6.07) is 0. The number of amides is 1. The van der Waals surface area contributed by atoms with E-state index in [0.717, 1.165) is 6.42 Å². The van der Waals surface area contributed by atoms with Gasteiger partial charge >= 0.3 is 0 Å². The van der Waals surface area contributed by atoms with Crippen LogP contribution in [0.25, 0.3) is 0 Å². The number of sulfone groups is 1. The highest BCUT2D eigenvalue weighted by atomic mass is 32.2. The van der Waals surface area contributed by atoms with Crippen LogP contribution in [0.3, 0.4) is 0 Å². The summed E-state index contributed by atoms with van der Waals surface area (Å²) in [5, 5.41) is 2.52. The molecule has 5 nitrogen and oxygen atoms in total. The standard InChI is InChI=1S/C9H20N2O3S/c1-4-5-11-8(12)6-15(13,14)7-9(2,3)10/h4-7,10H2,1-3H3,(H,11,12). The fourth-order valence-electron chi connectivity index (χ4n) is 1.13. The van der Waals surface area contributed by atoms with Crippen LogP contribution in [0.4, 0.5) is 0 Å². The summed E-state index contributed by atoms with van der Waals surface area (Å²) in [4.78, 5) is 11.2. The molecule has 15 heavy (non-hydrogen) atoms. The van der Waals surface area contributed by atoms with Gasteiger partial charge in [-0.3, -0.25) is 4.79 Å². The van der Waals surface area contributed by atoms with Crippen molar-refractivity contribution >= 4 is 15.7 Å². The fourth-order valence-corrected chi connectivity index (χ4v) is 2.87. The molecule has 0 spiro atoms. The molecule has 0 rings (SSSR count). The van der Waals surface area contributed by atoms with Crippen LogP contribution in [-0.2, 0) is 14.6 Å². The molecule has 0 aliphatic heterocycles. The Kier molecular flexibility index (Phi) is 5.23. The van der Waals surface area contributed by atoms with E-state index in [1.165, 1.54) is 0 Å². The van der Waals surface area contributed by atoms with Gasteiger partial charge in [-0.1, -0.05) is 6.92 Å². The molecule has 0 aromatic carbocycles. The van der Waals surface area contributed by atoms with Crippen LogP contribution in [0, 0.1) is 0 Å². The van der Waals surface area contributed by atoms with Gasteiger partial charge in [-0.15, -0.1) is 0 Å². The van der Waals surface area contributed by atoms with Crippen molar-refractivity contribution in [1.82, 2.24) is 5.32 Å². The Hall–Kier alpha value is -0.620. The van der Waals surface area contributed by atoms with Crippen molar-refractivity contribution in [3.8, 4) is 0 Å². The van der Waals surface area contributed by atoms with Gasteiger partial charge in [-0.2, -0.15) is 0 Å². The van der Waals surface area contributed by atoms with Gasteiger partial charge in [0.05, 0.1) is 5.75 Å². The normalized spacial score (nSPS) is 12.5. The summed E-state index contributed by atoms with van der Waals surface area (Å²) in [6.45, 7) is 5.64. The molecular weight excluding hydrogens is 216 g/mol. The summed E-state index contributed by atoms with van der Waals surface area (Å²) in [5.41, 5.74) is 4.78. The van der Waals surface area contributed by atoms with Crippen LogP contribution < -0.4 is 11.1 Å². The molecule has 6 heteroatoms. The third-order valence-electron chi connectivity index (χ3n) is 1.52. The Labute approximate surface area is 91.3 Å². The van der Waals surface area contributed by atoms with Crippen LogP contribution >= 0.6 is 0 Å². The first-order valence-electron chi connectivity index (χ1n) is 4.92. The Morgan fingerprint density at radius 2 is 1.93 bits per heavy atom. The molecule has 1 amide bonds. The number of nitrogens with two attached hydrogens (primary N) is 1. The number of hydrogen-bond donors (Lipinski definition) is 2. The summed E-state index contributed by atoms with van der Waals surface area (Å²) in [7, 11) is -3.41. The number of rotatable bonds is 6. The van der Waals surface area contributed by atoms with E-state index in [4.69, 9.17) is 5.73 Å². The van der Waals surface area contributed by atoms with E-state index >= 15 is 0 Å². The molecular formula is C9H20N2O3S. The fraction of sp³-hybridized carbons (Fsp3) is 0.889. The Bertz CT molecular complexity index is 304. The molecule has 0 atom stereocenters. The smallest absolute Gasteiger partial charge is 0.235 e. The zero-order valence-corrected chi connectivity index (χ0v) is 10.4. The molecule has 90 valence electrons. The minimum atomic E-state index is -3.41. The van der Waals surface area contributed by atoms with E-state index in [1.54, 1.807) is 13.8 Å². The van der Waals surface area contributed by atoms with Gasteiger partial charge in [-0.05, 0) is 20.3 Å². The van der Waals surface area contributed by atoms with Gasteiger partial charge in [0.2, 0.25) is 5.91 Å². The molecule has 0 saturated carbocycles. The summed E-state index contributed by atoms with van der Waals surface area (Å²) < 4.78 is 23.0. The molecule has 0 unspecified atom stereocenters. The topological polar surface area (TPSA) is 89.3 Å². The number of carbonyl (C=O) groups is 1. The van der Waals surface area contributed by atoms with Crippen LogP contribution in [0.1, 0.15) is 27.2 Å². The molecule has 0 fully saturated rings. The Balaban J connectivity index is 4.21. The van der Waals surface area contributed by atoms with Crippen molar-refractivity contribution in [3.05, 3.63) is 0 Å². The van der Waals surface area contributed by atoms with E-state index in [2.05, 4.69) is 5.32 Å². The highest BCUT2D eigenvalue weighted by Crippen LogP contribution is 2.03. The quantitative estimate of drug-likeness (QED) is 0.660. The first-order valence-corrected chi connectivity index (χ1v) is 6.74. The highest BCUT2D eigenvalue weighted by molar-refractivity contribution is 7.92. The second-order valence-corrected chi connectivity index (χ2v) is 6.44. The highest BCUT2D eigenvalue weighted by Gasteiger charge is 2.24. The molecule has 0 saturated heterocycles. The summed E-state index contributed by atoms with van der Waals surface area (Å²) >= 11 is 0. The molecule has 3 N–H and O–H groups in total. The summed E-state index contributed by atoms with van der Waals surface area (Å²) in [5.74, 6) is -1.12. The molecule has 0 aromatic heterocycles. The predicted octanol–water partition coefficient (Wildman–Crippen LogP) is -0.335. The maximum atomic E-state index is 11.5. The summed E-state index contributed by atoms with van der Waals surface area (Å²) in [6.07, 6.45) is 0.786. The van der Waals surface area contributed by atoms with Crippen LogP contribution in [0.5, 0.6) is 0 Å². The van der Waals surface area contributed by atoms with Crippen LogP contribution in [0.15, 0.2) is 0 Å². The van der Waals surface area contributed by atoms with Gasteiger partial charge < -0.3 is 11.1 Å². The number of hydrogen-bond acceptors (Lipinski definition) is 4. The maximum absolute atomic E-state index is 11.5. The monoisotopic (exact) mass is 236 g/mol. The van der Waals surface area contributed by atoms with E-state index in [9.17, 15) is 13.2 Å². The average Bonchev–Trinajstić information content (AvgIpc) is 1.94. The minimum Gasteiger partial charge on any atom is -0.355 e. The maximum Gasteiger partial charge on any atom is 0.235 e. The molecule has 0 radical (unpaired) electrons. The first kappa shape index (κ1) is 14.4. The van der Waals surface area contributed by atoms with Crippen molar-refractivity contribution < 1.29 is 13.2 Å². The van der Waals surface area contributed by atoms with Gasteiger partial charge in [0.1, 0.15) is 5.75 Å². The average molecular weight is 236 g/mol. The Morgan fingerprint density at radius 1 is 1.40 bits per heavy atom. The van der Waals surface area contributed by atoms with Gasteiger partial charge in [0, 0.05) is 12.1 Å². The lowest BCUT2D eigenvalue weighted by molar-refractivity contribution is -0.118. The van der Waals surface area contributed by atoms with Crippen molar-refractivity contribution in [1.29, 1.82) is 0 Å². The van der Waals surface area contributed by atoms with Crippen molar-refractivity contribution in [3.63, 3.8) is 0 Å². The third kappa shape index (κ3) is 8.38. The molecule has 0 aliphatic rings. The molecule has 0 aliphatic carbocycles. The second kappa shape index (κ2) is 5.46. The van der Waals surface area contributed by atoms with Crippen LogP contribution in [-0.4, -0.2) is 37.9 Å². The first-order chi connectivity index (χ1) is 6.66. The largest absolute Gasteiger partial charge is 0.355 e. The lowest BCUT2D eigenvalue weighted by atomic mass is 10.1. The lowest BCUT2D eigenvalue weighted by Crippen LogP contribution is -2.42. The van der Waals surface area contributed by atoms with Gasteiger partial charge in [-0.25, -0.2) is 8.42 Å². The van der Waals surface area contributed by atoms with Gasteiger partial charge in [0.25, 0.3) is 0 Å². The van der Waals surface area contributed by atoms with E-state index < -0.39 is 27.0 Å². The van der Waals surface area contributed by atoms with Crippen molar-refractivity contribution in [2.75, 3.05) is 18.1 Å². The van der Waals surface area contributed by atoms with Crippen LogP contribution in [0.2, 0.25) is 0 Å². The predicted molar refractivity (Wildman–Crippen MR) is 60.2 cm³/mol. The second-order valence-electron chi connectivity index (χ2n) is 4.37. The SMILES string of the molecule is CCCNC(=O)CS(=O)(=O)CC(C)(C)N. The van der Waals surface area contributed by atoms with E-state index in [0.29, 0.717) is 6.54 Å². The lowest BCUT2D eigenvalue weighted by Gasteiger charge is -2.17. The number of carbonyl (C=O) groups excluding carboxylic acids is 1. The molecule has 0 aromatic rings. The number of nitrogens with one attached hydrogen (secondary N) is 1.